The van der Waals surface area contributed by atoms with Crippen molar-refractivity contribution in [2.45, 2.75) is 39.5 Å². The first-order valence-electron chi connectivity index (χ1n) is 9.39. The number of nitrogens with zero attached hydrogens (tertiary/aromatic N) is 1. The zero-order chi connectivity index (χ0) is 20.5. The van der Waals surface area contributed by atoms with Crippen molar-refractivity contribution in [3.05, 3.63) is 57.6 Å². The maximum absolute atomic E-state index is 12.7. The third-order valence-corrected chi connectivity index (χ3v) is 4.30. The molecule has 7 heteroatoms. The molecule has 1 amide bonds. The van der Waals surface area contributed by atoms with Crippen LogP contribution in [0.5, 0.6) is 11.5 Å². The van der Waals surface area contributed by atoms with Gasteiger partial charge in [0.2, 0.25) is 0 Å². The Balaban J connectivity index is 2.22. The molecule has 0 fully saturated rings. The van der Waals surface area contributed by atoms with Gasteiger partial charge in [0.25, 0.3) is 11.6 Å². The Morgan fingerprint density at radius 3 is 2.39 bits per heavy atom. The number of unbranched alkanes of at least 4 members (excludes halogenated alkanes) is 2. The summed E-state index contributed by atoms with van der Waals surface area (Å²) in [5.41, 5.74) is 1.35. The minimum atomic E-state index is -0.607. The number of nitro groups is 1. The number of nitrogens with one attached hydrogen (secondary N) is 1. The van der Waals surface area contributed by atoms with E-state index < -0.39 is 10.8 Å². The van der Waals surface area contributed by atoms with Crippen molar-refractivity contribution in [3.63, 3.8) is 0 Å². The number of benzene rings is 2. The third-order valence-electron chi connectivity index (χ3n) is 4.30. The fourth-order valence-electron chi connectivity index (χ4n) is 2.84. The Bertz CT molecular complexity index is 818. The van der Waals surface area contributed by atoms with Gasteiger partial charge in [0, 0.05) is 11.8 Å². The minimum absolute atomic E-state index is 0.0822. The standard InChI is InChI=1S/C21H26N2O5/c1-4-6-7-8-15-9-11-16(12-10-15)22-21(24)17-13-20(28-5-2)19(27-3)14-18(17)23(25)26/h9-14H,4-8H2,1-3H3,(H,22,24). The summed E-state index contributed by atoms with van der Waals surface area (Å²) >= 11 is 0. The van der Waals surface area contributed by atoms with Crippen molar-refractivity contribution < 1.29 is 19.2 Å². The number of carbonyl (C=O) groups excluding carboxylic acids is 1. The molecule has 150 valence electrons. The fraction of sp³-hybridized carbons (Fsp3) is 0.381. The Morgan fingerprint density at radius 1 is 1.11 bits per heavy atom. The van der Waals surface area contributed by atoms with Crippen molar-refractivity contribution in [1.29, 1.82) is 0 Å². The zero-order valence-corrected chi connectivity index (χ0v) is 16.5. The highest BCUT2D eigenvalue weighted by Crippen LogP contribution is 2.35. The van der Waals surface area contributed by atoms with Crippen LogP contribution >= 0.6 is 0 Å². The molecule has 0 bridgehead atoms. The SMILES string of the molecule is CCCCCc1ccc(NC(=O)c2cc(OCC)c(OC)cc2[N+](=O)[O-])cc1. The lowest BCUT2D eigenvalue weighted by molar-refractivity contribution is -0.385. The van der Waals surface area contributed by atoms with Crippen LogP contribution < -0.4 is 14.8 Å². The van der Waals surface area contributed by atoms with Gasteiger partial charge in [0.1, 0.15) is 5.56 Å². The van der Waals surface area contributed by atoms with Crippen molar-refractivity contribution >= 4 is 17.3 Å². The molecule has 2 aromatic carbocycles. The first-order valence-corrected chi connectivity index (χ1v) is 9.39. The van der Waals surface area contributed by atoms with E-state index in [4.69, 9.17) is 9.47 Å². The van der Waals surface area contributed by atoms with Gasteiger partial charge in [0.15, 0.2) is 11.5 Å². The van der Waals surface area contributed by atoms with Crippen LogP contribution in [0.2, 0.25) is 0 Å². The van der Waals surface area contributed by atoms with E-state index in [1.54, 1.807) is 19.1 Å². The topological polar surface area (TPSA) is 90.7 Å². The average molecular weight is 386 g/mol. The molecule has 0 saturated carbocycles. The van der Waals surface area contributed by atoms with Gasteiger partial charge in [-0.15, -0.1) is 0 Å². The molecule has 0 atom stereocenters. The quantitative estimate of drug-likeness (QED) is 0.353. The van der Waals surface area contributed by atoms with Gasteiger partial charge in [0.05, 0.1) is 24.7 Å². The number of rotatable bonds is 10. The third kappa shape index (κ3) is 5.45. The maximum atomic E-state index is 12.7. The highest BCUT2D eigenvalue weighted by atomic mass is 16.6. The highest BCUT2D eigenvalue weighted by Gasteiger charge is 2.24. The van der Waals surface area contributed by atoms with Crippen LogP contribution in [0.25, 0.3) is 0 Å². The number of methoxy groups -OCH3 is 1. The molecule has 0 spiro atoms. The van der Waals surface area contributed by atoms with E-state index in [1.165, 1.54) is 37.6 Å². The molecule has 0 saturated heterocycles. The lowest BCUT2D eigenvalue weighted by atomic mass is 10.1. The van der Waals surface area contributed by atoms with Gasteiger partial charge in [-0.25, -0.2) is 0 Å². The first kappa shape index (κ1) is 21.2. The predicted octanol–water partition coefficient (Wildman–Crippen LogP) is 4.99. The van der Waals surface area contributed by atoms with E-state index >= 15 is 0 Å². The number of ether oxygens (including phenoxy) is 2. The van der Waals surface area contributed by atoms with Crippen LogP contribution in [-0.2, 0) is 6.42 Å². The predicted molar refractivity (Wildman–Crippen MR) is 108 cm³/mol. The van der Waals surface area contributed by atoms with E-state index in [2.05, 4.69) is 12.2 Å². The fourth-order valence-corrected chi connectivity index (χ4v) is 2.84. The molecule has 28 heavy (non-hydrogen) atoms. The number of aryl methyl sites for hydroxylation is 1. The number of hydrogen-bond donors (Lipinski definition) is 1. The maximum Gasteiger partial charge on any atom is 0.286 e. The number of anilines is 1. The van der Waals surface area contributed by atoms with E-state index in [0.717, 1.165) is 12.8 Å². The Hall–Kier alpha value is -3.09. The van der Waals surface area contributed by atoms with Crippen LogP contribution in [0, 0.1) is 10.1 Å². The van der Waals surface area contributed by atoms with Crippen LogP contribution in [-0.4, -0.2) is 24.5 Å². The molecule has 2 rings (SSSR count). The van der Waals surface area contributed by atoms with Gasteiger partial charge >= 0.3 is 0 Å². The normalized spacial score (nSPS) is 10.4. The first-order chi connectivity index (χ1) is 13.5. The second-order valence-corrected chi connectivity index (χ2v) is 6.32. The number of nitro benzene ring substituents is 1. The number of amides is 1. The smallest absolute Gasteiger partial charge is 0.286 e. The molecule has 0 aliphatic rings. The van der Waals surface area contributed by atoms with Crippen molar-refractivity contribution in [2.75, 3.05) is 19.0 Å². The van der Waals surface area contributed by atoms with Crippen molar-refractivity contribution in [2.24, 2.45) is 0 Å². The van der Waals surface area contributed by atoms with Gasteiger partial charge in [-0.05, 0) is 37.5 Å². The van der Waals surface area contributed by atoms with E-state index in [1.807, 2.05) is 12.1 Å². The van der Waals surface area contributed by atoms with Crippen molar-refractivity contribution in [1.82, 2.24) is 0 Å². The molecule has 0 aromatic heterocycles. The summed E-state index contributed by atoms with van der Waals surface area (Å²) in [4.78, 5) is 23.5. The van der Waals surface area contributed by atoms with Crippen LogP contribution in [0.3, 0.4) is 0 Å². The van der Waals surface area contributed by atoms with Gasteiger partial charge in [-0.2, -0.15) is 0 Å². The summed E-state index contributed by atoms with van der Waals surface area (Å²) in [6.07, 6.45) is 4.46. The summed E-state index contributed by atoms with van der Waals surface area (Å²) in [6.45, 7) is 4.28. The minimum Gasteiger partial charge on any atom is -0.493 e. The second kappa shape index (κ2) is 10.3. The van der Waals surface area contributed by atoms with E-state index in [9.17, 15) is 14.9 Å². The summed E-state index contributed by atoms with van der Waals surface area (Å²) < 4.78 is 10.6. The van der Waals surface area contributed by atoms with Gasteiger partial charge < -0.3 is 14.8 Å². The largest absolute Gasteiger partial charge is 0.493 e. The lowest BCUT2D eigenvalue weighted by Gasteiger charge is -2.12. The van der Waals surface area contributed by atoms with Crippen LogP contribution in [0.15, 0.2) is 36.4 Å². The summed E-state index contributed by atoms with van der Waals surface area (Å²) in [5, 5.41) is 14.1. The molecule has 0 radical (unpaired) electrons. The lowest BCUT2D eigenvalue weighted by Crippen LogP contribution is -2.14. The summed E-state index contributed by atoms with van der Waals surface area (Å²) in [6, 6.07) is 10.1. The molecular weight excluding hydrogens is 360 g/mol. The average Bonchev–Trinajstić information content (AvgIpc) is 2.69. The molecule has 0 unspecified atom stereocenters. The Morgan fingerprint density at radius 2 is 1.82 bits per heavy atom. The highest BCUT2D eigenvalue weighted by molar-refractivity contribution is 6.07. The summed E-state index contributed by atoms with van der Waals surface area (Å²) in [7, 11) is 1.39. The van der Waals surface area contributed by atoms with E-state index in [0.29, 0.717) is 12.3 Å². The van der Waals surface area contributed by atoms with Crippen LogP contribution in [0.1, 0.15) is 49.0 Å². The molecule has 0 heterocycles. The molecular formula is C21H26N2O5. The number of carbonyl (C=O) groups is 1. The molecule has 0 aliphatic carbocycles. The van der Waals surface area contributed by atoms with Gasteiger partial charge in [-0.3, -0.25) is 14.9 Å². The second-order valence-electron chi connectivity index (χ2n) is 6.32. The Labute approximate surface area is 164 Å². The summed E-state index contributed by atoms with van der Waals surface area (Å²) in [5.74, 6) is -0.0809. The molecule has 7 nitrogen and oxygen atoms in total. The molecule has 0 aliphatic heterocycles. The van der Waals surface area contributed by atoms with E-state index in [-0.39, 0.29) is 22.7 Å². The molecule has 1 N–H and O–H groups in total. The number of hydrogen-bond acceptors (Lipinski definition) is 5. The van der Waals surface area contributed by atoms with Crippen LogP contribution in [0.4, 0.5) is 11.4 Å². The Kier molecular flexibility index (Phi) is 7.80. The monoisotopic (exact) mass is 386 g/mol. The van der Waals surface area contributed by atoms with Crippen molar-refractivity contribution in [3.8, 4) is 11.5 Å². The molecule has 2 aromatic rings. The van der Waals surface area contributed by atoms with Gasteiger partial charge in [-0.1, -0.05) is 31.9 Å². The zero-order valence-electron chi connectivity index (χ0n) is 16.5.